The summed E-state index contributed by atoms with van der Waals surface area (Å²) >= 11 is 5.14. The molecule has 1 unspecified atom stereocenters. The van der Waals surface area contributed by atoms with E-state index in [2.05, 4.69) is 9.98 Å². The molecular formula is C20H19N4O2S+. The fourth-order valence-corrected chi connectivity index (χ4v) is 3.00. The molecule has 27 heavy (non-hydrogen) atoms. The van der Waals surface area contributed by atoms with E-state index < -0.39 is 0 Å². The molecule has 1 aliphatic rings. The molecular weight excluding hydrogens is 360 g/mol. The van der Waals surface area contributed by atoms with Crippen LogP contribution in [0.1, 0.15) is 17.4 Å². The van der Waals surface area contributed by atoms with Gasteiger partial charge in [-0.2, -0.15) is 5.01 Å². The quantitative estimate of drug-likeness (QED) is 0.613. The number of aliphatic imine (C=N–C) groups is 1. The lowest BCUT2D eigenvalue weighted by Crippen LogP contribution is -2.25. The van der Waals surface area contributed by atoms with Crippen LogP contribution in [0, 0.1) is 0 Å². The van der Waals surface area contributed by atoms with Crippen molar-refractivity contribution in [1.82, 2.24) is 9.99 Å². The Morgan fingerprint density at radius 1 is 1.15 bits per heavy atom. The minimum Gasteiger partial charge on any atom is -0.493 e. The zero-order valence-electron chi connectivity index (χ0n) is 14.9. The Kier molecular flexibility index (Phi) is 4.93. The van der Waals surface area contributed by atoms with Crippen LogP contribution in [0.5, 0.6) is 5.75 Å². The zero-order valence-corrected chi connectivity index (χ0v) is 15.7. The maximum absolute atomic E-state index is 5.83. The molecule has 3 aromatic rings. The van der Waals surface area contributed by atoms with Gasteiger partial charge in [0.05, 0.1) is 12.3 Å². The van der Waals surface area contributed by atoms with Crippen molar-refractivity contribution in [3.8, 4) is 17.2 Å². The van der Waals surface area contributed by atoms with Crippen LogP contribution in [0.2, 0.25) is 0 Å². The highest BCUT2D eigenvalue weighted by Crippen LogP contribution is 2.25. The lowest BCUT2D eigenvalue weighted by molar-refractivity contribution is -0.557. The second-order valence-electron chi connectivity index (χ2n) is 6.19. The molecule has 6 nitrogen and oxygen atoms in total. The maximum atomic E-state index is 5.83. The van der Waals surface area contributed by atoms with Crippen LogP contribution < -0.4 is 4.74 Å². The first kappa shape index (κ1) is 17.4. The molecule has 0 aliphatic carbocycles. The third-order valence-electron chi connectivity index (χ3n) is 4.35. The van der Waals surface area contributed by atoms with E-state index in [4.69, 9.17) is 21.6 Å². The molecule has 4 rings (SSSR count). The maximum Gasteiger partial charge on any atom is 0.319 e. The summed E-state index contributed by atoms with van der Waals surface area (Å²) < 4.78 is 12.9. The Morgan fingerprint density at radius 3 is 2.63 bits per heavy atom. The summed E-state index contributed by atoms with van der Waals surface area (Å²) in [5, 5.41) is 1.89. The number of rotatable bonds is 6. The third-order valence-corrected chi connectivity index (χ3v) is 4.70. The van der Waals surface area contributed by atoms with E-state index in [0.29, 0.717) is 18.9 Å². The van der Waals surface area contributed by atoms with Gasteiger partial charge in [0.2, 0.25) is 5.89 Å². The lowest BCUT2D eigenvalue weighted by Gasteiger charge is -2.13. The average Bonchev–Trinajstić information content (AvgIpc) is 3.31. The van der Waals surface area contributed by atoms with Crippen molar-refractivity contribution in [2.45, 2.75) is 12.6 Å². The van der Waals surface area contributed by atoms with E-state index >= 15 is 0 Å². The first-order valence-electron chi connectivity index (χ1n) is 8.66. The van der Waals surface area contributed by atoms with E-state index in [9.17, 15) is 0 Å². The van der Waals surface area contributed by atoms with Gasteiger partial charge in [0.25, 0.3) is 6.17 Å². The number of hydrogen-bond acceptors (Lipinski definition) is 5. The molecule has 1 aliphatic heterocycles. The van der Waals surface area contributed by atoms with E-state index in [1.165, 1.54) is 0 Å². The van der Waals surface area contributed by atoms with Crippen molar-refractivity contribution < 1.29 is 13.2 Å². The minimum absolute atomic E-state index is 0.0805. The summed E-state index contributed by atoms with van der Waals surface area (Å²) in [5.41, 5.74) is 2.91. The average molecular weight is 379 g/mol. The highest BCUT2D eigenvalue weighted by molar-refractivity contribution is 7.44. The lowest BCUT2D eigenvalue weighted by atomic mass is 10.1. The molecule has 2 aromatic carbocycles. The van der Waals surface area contributed by atoms with Crippen LogP contribution in [0.4, 0.5) is 0 Å². The molecule has 136 valence electrons. The van der Waals surface area contributed by atoms with Crippen molar-refractivity contribution >= 4 is 18.8 Å². The Hall–Kier alpha value is -3.06. The molecule has 0 saturated heterocycles. The van der Waals surface area contributed by atoms with Gasteiger partial charge in [0.1, 0.15) is 12.0 Å². The number of nitrogens with zero attached hydrogens (tertiary/aromatic N) is 4. The number of oxazole rings is 1. The monoisotopic (exact) mass is 379 g/mol. The van der Waals surface area contributed by atoms with Gasteiger partial charge in [-0.1, -0.05) is 27.2 Å². The van der Waals surface area contributed by atoms with Crippen molar-refractivity contribution in [2.75, 3.05) is 13.7 Å². The minimum atomic E-state index is -0.0805. The molecule has 1 aromatic heterocycles. The number of hydrogen-bond donors (Lipinski definition) is 0. The van der Waals surface area contributed by atoms with Crippen molar-refractivity contribution in [3.05, 3.63) is 72.1 Å². The number of aromatic nitrogens is 1. The molecule has 0 bridgehead atoms. The smallest absolute Gasteiger partial charge is 0.319 e. The molecule has 0 fully saturated rings. The van der Waals surface area contributed by atoms with Crippen LogP contribution in [0.15, 0.2) is 70.3 Å². The summed E-state index contributed by atoms with van der Waals surface area (Å²) in [4.78, 5) is 8.90. The number of hydrazine groups is 1. The molecule has 0 spiro atoms. The van der Waals surface area contributed by atoms with E-state index in [1.807, 2.05) is 66.7 Å². The third kappa shape index (κ3) is 3.88. The fraction of sp³-hybridized carbons (Fsp3) is 0.200. The van der Waals surface area contributed by atoms with Crippen molar-refractivity contribution in [2.24, 2.45) is 4.99 Å². The van der Waals surface area contributed by atoms with Gasteiger partial charge in [-0.15, -0.1) is 0 Å². The molecule has 0 saturated carbocycles. The molecule has 7 heteroatoms. The van der Waals surface area contributed by atoms with Gasteiger partial charge in [-0.25, -0.2) is 4.98 Å². The highest BCUT2D eigenvalue weighted by Gasteiger charge is 2.30. The number of benzene rings is 2. The van der Waals surface area contributed by atoms with Gasteiger partial charge in [0.15, 0.2) is 12.4 Å². The SMILES string of the molecule is CN1C(c2ccc(OCCc3coc(-c4ccccc4)n3)cc2)N=C[N+]1=S. The Bertz CT molecular complexity index is 954. The van der Waals surface area contributed by atoms with Gasteiger partial charge < -0.3 is 9.15 Å². The second-order valence-corrected chi connectivity index (χ2v) is 6.57. The van der Waals surface area contributed by atoms with Gasteiger partial charge >= 0.3 is 6.34 Å². The van der Waals surface area contributed by atoms with E-state index in [-0.39, 0.29) is 6.17 Å². The molecule has 1 atom stereocenters. The summed E-state index contributed by atoms with van der Waals surface area (Å²) in [7, 11) is 1.91. The van der Waals surface area contributed by atoms with Crippen LogP contribution in [-0.2, 0) is 18.8 Å². The van der Waals surface area contributed by atoms with Crippen LogP contribution in [0.3, 0.4) is 0 Å². The predicted molar refractivity (Wildman–Crippen MR) is 104 cm³/mol. The summed E-state index contributed by atoms with van der Waals surface area (Å²) in [6.45, 7) is 0.529. The van der Waals surface area contributed by atoms with Crippen molar-refractivity contribution in [1.29, 1.82) is 0 Å². The molecule has 0 N–H and O–H groups in total. The Morgan fingerprint density at radius 2 is 1.93 bits per heavy atom. The van der Waals surface area contributed by atoms with Crippen LogP contribution in [0.25, 0.3) is 11.5 Å². The summed E-state index contributed by atoms with van der Waals surface area (Å²) in [5.74, 6) is 1.44. The Labute approximate surface area is 162 Å². The first-order valence-corrected chi connectivity index (χ1v) is 9.02. The van der Waals surface area contributed by atoms with Crippen molar-refractivity contribution in [3.63, 3.8) is 0 Å². The van der Waals surface area contributed by atoms with Gasteiger partial charge in [-0.05, 0) is 36.4 Å². The van der Waals surface area contributed by atoms with Gasteiger partial charge in [0, 0.05) is 24.6 Å². The topological polar surface area (TPSA) is 53.9 Å². The van der Waals surface area contributed by atoms with E-state index in [1.54, 1.807) is 16.7 Å². The molecule has 0 amide bonds. The standard InChI is InChI=1S/C20H19N4O2S/c1-23-19(21-14-24(23)27)15-7-9-18(10-8-15)25-12-11-17-13-26-20(22-17)16-5-3-2-4-6-16/h2-10,13-14,19H,11-12H2,1H3/q+1. The van der Waals surface area contributed by atoms with E-state index in [0.717, 1.165) is 22.6 Å². The zero-order chi connectivity index (χ0) is 18.6. The number of ether oxygens (including phenoxy) is 1. The molecule has 0 radical (unpaired) electrons. The second kappa shape index (κ2) is 7.67. The normalized spacial score (nSPS) is 16.1. The highest BCUT2D eigenvalue weighted by atomic mass is 32.1. The summed E-state index contributed by atoms with van der Waals surface area (Å²) in [6.07, 6.45) is 3.93. The predicted octanol–water partition coefficient (Wildman–Crippen LogP) is 3.59. The summed E-state index contributed by atoms with van der Waals surface area (Å²) in [6, 6.07) is 17.8. The van der Waals surface area contributed by atoms with Crippen LogP contribution >= 0.6 is 0 Å². The van der Waals surface area contributed by atoms with Crippen LogP contribution in [-0.4, -0.2) is 34.0 Å². The largest absolute Gasteiger partial charge is 0.493 e. The van der Waals surface area contributed by atoms with Gasteiger partial charge in [-0.3, -0.25) is 0 Å². The Balaban J connectivity index is 1.31. The first-order chi connectivity index (χ1) is 13.2. The fourth-order valence-electron chi connectivity index (χ4n) is 2.85. The molecule has 2 heterocycles.